The van der Waals surface area contributed by atoms with Crippen LogP contribution in [0.25, 0.3) is 0 Å². The van der Waals surface area contributed by atoms with Crippen molar-refractivity contribution in [3.8, 4) is 0 Å². The summed E-state index contributed by atoms with van der Waals surface area (Å²) in [4.78, 5) is 2.13. The molecule has 0 saturated heterocycles. The number of aliphatic hydroxyl groups excluding tert-OH is 1. The van der Waals surface area contributed by atoms with Crippen molar-refractivity contribution in [1.82, 2.24) is 14.7 Å². The summed E-state index contributed by atoms with van der Waals surface area (Å²) < 4.78 is 2.14. The zero-order chi connectivity index (χ0) is 13.0. The van der Waals surface area contributed by atoms with Crippen molar-refractivity contribution in [2.24, 2.45) is 0 Å². The first kappa shape index (κ1) is 13.6. The summed E-state index contributed by atoms with van der Waals surface area (Å²) in [5.41, 5.74) is 1.10. The van der Waals surface area contributed by atoms with Crippen LogP contribution in [0.3, 0.4) is 0 Å². The fraction of sp³-hybridized carbons (Fsp3) is 0.786. The van der Waals surface area contributed by atoms with Gasteiger partial charge in [0.2, 0.25) is 0 Å². The molecule has 1 aliphatic carbocycles. The third kappa shape index (κ3) is 3.33. The van der Waals surface area contributed by atoms with Crippen molar-refractivity contribution < 1.29 is 5.11 Å². The third-order valence-electron chi connectivity index (χ3n) is 4.04. The minimum atomic E-state index is 0.185. The van der Waals surface area contributed by atoms with Gasteiger partial charge in [-0.2, -0.15) is 5.10 Å². The molecule has 18 heavy (non-hydrogen) atoms. The quantitative estimate of drug-likeness (QED) is 0.872. The van der Waals surface area contributed by atoms with Gasteiger partial charge in [0, 0.05) is 18.8 Å². The molecule has 0 aliphatic heterocycles. The maximum atomic E-state index is 9.12. The largest absolute Gasteiger partial charge is 0.395 e. The fourth-order valence-corrected chi connectivity index (χ4v) is 2.56. The molecule has 1 aromatic rings. The van der Waals surface area contributed by atoms with Gasteiger partial charge in [0.05, 0.1) is 18.3 Å². The molecule has 4 nitrogen and oxygen atoms in total. The number of aromatic nitrogens is 2. The van der Waals surface area contributed by atoms with E-state index in [0.29, 0.717) is 6.04 Å². The minimum Gasteiger partial charge on any atom is -0.395 e. The van der Waals surface area contributed by atoms with E-state index >= 15 is 0 Å². The average Bonchev–Trinajstić information content (AvgIpc) is 2.87. The predicted octanol–water partition coefficient (Wildman–Crippen LogP) is 2.20. The Balaban J connectivity index is 1.93. The minimum absolute atomic E-state index is 0.185. The van der Waals surface area contributed by atoms with Crippen LogP contribution in [-0.2, 0) is 6.54 Å². The normalized spacial score (nSPS) is 19.3. The summed E-state index contributed by atoms with van der Waals surface area (Å²) in [5, 5.41) is 13.8. The van der Waals surface area contributed by atoms with Crippen LogP contribution in [0.2, 0.25) is 0 Å². The molecule has 1 heterocycles. The molecule has 1 fully saturated rings. The highest BCUT2D eigenvalue weighted by atomic mass is 16.3. The molecule has 0 amide bonds. The van der Waals surface area contributed by atoms with Gasteiger partial charge in [0.15, 0.2) is 0 Å². The van der Waals surface area contributed by atoms with E-state index in [2.05, 4.69) is 26.9 Å². The molecule has 0 radical (unpaired) electrons. The van der Waals surface area contributed by atoms with Gasteiger partial charge in [-0.1, -0.05) is 19.3 Å². The molecule has 1 unspecified atom stereocenters. The van der Waals surface area contributed by atoms with Crippen molar-refractivity contribution in [2.75, 3.05) is 13.7 Å². The Kier molecular flexibility index (Phi) is 4.78. The molecule has 1 aliphatic rings. The van der Waals surface area contributed by atoms with Crippen LogP contribution in [0, 0.1) is 0 Å². The fourth-order valence-electron chi connectivity index (χ4n) is 2.56. The molecule has 0 spiro atoms. The molecule has 4 heteroatoms. The van der Waals surface area contributed by atoms with Crippen LogP contribution in [-0.4, -0.2) is 39.5 Å². The van der Waals surface area contributed by atoms with E-state index in [9.17, 15) is 0 Å². The predicted molar refractivity (Wildman–Crippen MR) is 72.4 cm³/mol. The van der Waals surface area contributed by atoms with Crippen molar-refractivity contribution in [1.29, 1.82) is 0 Å². The van der Waals surface area contributed by atoms with E-state index in [0.717, 1.165) is 12.2 Å². The third-order valence-corrected chi connectivity index (χ3v) is 4.04. The highest BCUT2D eigenvalue weighted by Crippen LogP contribution is 2.27. The van der Waals surface area contributed by atoms with Crippen molar-refractivity contribution in [3.05, 3.63) is 18.0 Å². The Bertz CT molecular complexity index is 358. The van der Waals surface area contributed by atoms with Crippen LogP contribution in [0.15, 0.2) is 12.3 Å². The van der Waals surface area contributed by atoms with Gasteiger partial charge in [-0.25, -0.2) is 0 Å². The maximum Gasteiger partial charge on any atom is 0.0764 e. The van der Waals surface area contributed by atoms with E-state index in [1.807, 2.05) is 14.0 Å². The number of rotatable bonds is 5. The molecular weight excluding hydrogens is 226 g/mol. The van der Waals surface area contributed by atoms with Crippen molar-refractivity contribution in [2.45, 2.75) is 57.7 Å². The summed E-state index contributed by atoms with van der Waals surface area (Å²) in [6, 6.07) is 2.90. The SMILES string of the molecule is CC(CO)N(C)Cc1ccn(C2CCCCC2)n1. The standard InChI is InChI=1S/C14H25N3O/c1-12(11-18)16(2)10-13-8-9-17(15-13)14-6-4-3-5-7-14/h8-9,12,14,18H,3-7,10-11H2,1-2H3. The Hall–Kier alpha value is -0.870. The first-order valence-electron chi connectivity index (χ1n) is 7.06. The smallest absolute Gasteiger partial charge is 0.0764 e. The van der Waals surface area contributed by atoms with Crippen LogP contribution < -0.4 is 0 Å². The maximum absolute atomic E-state index is 9.12. The van der Waals surface area contributed by atoms with Gasteiger partial charge in [0.25, 0.3) is 0 Å². The first-order valence-corrected chi connectivity index (χ1v) is 7.06. The van der Waals surface area contributed by atoms with Crippen molar-refractivity contribution in [3.63, 3.8) is 0 Å². The van der Waals surface area contributed by atoms with Crippen LogP contribution in [0.5, 0.6) is 0 Å². The molecule has 2 rings (SSSR count). The van der Waals surface area contributed by atoms with Crippen LogP contribution >= 0.6 is 0 Å². The van der Waals surface area contributed by atoms with Crippen LogP contribution in [0.4, 0.5) is 0 Å². The summed E-state index contributed by atoms with van der Waals surface area (Å²) in [7, 11) is 2.03. The monoisotopic (exact) mass is 251 g/mol. The van der Waals surface area contributed by atoms with E-state index in [4.69, 9.17) is 5.11 Å². The first-order chi connectivity index (χ1) is 8.70. The number of aliphatic hydroxyl groups is 1. The Morgan fingerprint density at radius 3 is 2.83 bits per heavy atom. The summed E-state index contributed by atoms with van der Waals surface area (Å²) >= 11 is 0. The number of likely N-dealkylation sites (N-methyl/N-ethyl adjacent to an activating group) is 1. The van der Waals surface area contributed by atoms with Crippen LogP contribution in [0.1, 0.15) is 50.8 Å². The Morgan fingerprint density at radius 2 is 2.17 bits per heavy atom. The Morgan fingerprint density at radius 1 is 1.44 bits per heavy atom. The summed E-state index contributed by atoms with van der Waals surface area (Å²) in [5.74, 6) is 0. The van der Waals surface area contributed by atoms with Gasteiger partial charge in [0.1, 0.15) is 0 Å². The number of nitrogens with zero attached hydrogens (tertiary/aromatic N) is 3. The lowest BCUT2D eigenvalue weighted by atomic mass is 9.96. The molecule has 1 saturated carbocycles. The topological polar surface area (TPSA) is 41.3 Å². The second-order valence-electron chi connectivity index (χ2n) is 5.53. The highest BCUT2D eigenvalue weighted by molar-refractivity contribution is 5.00. The molecule has 0 bridgehead atoms. The summed E-state index contributed by atoms with van der Waals surface area (Å²) in [6.45, 7) is 3.03. The second kappa shape index (κ2) is 6.34. The lowest BCUT2D eigenvalue weighted by Crippen LogP contribution is -2.31. The zero-order valence-electron chi connectivity index (χ0n) is 11.5. The molecule has 0 aromatic carbocycles. The average molecular weight is 251 g/mol. The Labute approximate surface area is 110 Å². The second-order valence-corrected chi connectivity index (χ2v) is 5.53. The van der Waals surface area contributed by atoms with Crippen molar-refractivity contribution >= 4 is 0 Å². The van der Waals surface area contributed by atoms with E-state index in [1.54, 1.807) is 0 Å². The van der Waals surface area contributed by atoms with Gasteiger partial charge >= 0.3 is 0 Å². The van der Waals surface area contributed by atoms with E-state index < -0.39 is 0 Å². The van der Waals surface area contributed by atoms with Gasteiger partial charge in [-0.05, 0) is 32.9 Å². The van der Waals surface area contributed by atoms with Gasteiger partial charge in [-0.3, -0.25) is 9.58 Å². The molecule has 1 aromatic heterocycles. The number of hydrogen-bond donors (Lipinski definition) is 1. The highest BCUT2D eigenvalue weighted by Gasteiger charge is 2.16. The van der Waals surface area contributed by atoms with E-state index in [1.165, 1.54) is 32.1 Å². The summed E-state index contributed by atoms with van der Waals surface area (Å²) in [6.07, 6.45) is 8.70. The lowest BCUT2D eigenvalue weighted by molar-refractivity contribution is 0.152. The molecular formula is C14H25N3O. The van der Waals surface area contributed by atoms with Gasteiger partial charge in [-0.15, -0.1) is 0 Å². The van der Waals surface area contributed by atoms with E-state index in [-0.39, 0.29) is 12.6 Å². The molecule has 1 N–H and O–H groups in total. The molecule has 102 valence electrons. The number of hydrogen-bond acceptors (Lipinski definition) is 3. The zero-order valence-corrected chi connectivity index (χ0v) is 11.5. The van der Waals surface area contributed by atoms with Gasteiger partial charge < -0.3 is 5.11 Å². The lowest BCUT2D eigenvalue weighted by Gasteiger charge is -2.23. The molecule has 1 atom stereocenters.